The lowest BCUT2D eigenvalue weighted by Crippen LogP contribution is -2.56. The van der Waals surface area contributed by atoms with Crippen LogP contribution in [-0.2, 0) is 21.6 Å². The van der Waals surface area contributed by atoms with Crippen molar-refractivity contribution in [2.24, 2.45) is 0 Å². The average Bonchev–Trinajstić information content (AvgIpc) is 2.56. The number of ether oxygens (including phenoxy) is 2. The van der Waals surface area contributed by atoms with Crippen LogP contribution in [0.3, 0.4) is 0 Å². The molecule has 4 nitrogen and oxygen atoms in total. The minimum absolute atomic E-state index is 0.275. The molecule has 0 fully saturated rings. The van der Waals surface area contributed by atoms with Crippen LogP contribution < -0.4 is 4.74 Å². The minimum Gasteiger partial charge on any atom is -0.472 e. The molecule has 4 heteroatoms. The Hall–Kier alpha value is -1.55. The number of aliphatic hydroxyl groups is 1. The van der Waals surface area contributed by atoms with E-state index in [1.54, 1.807) is 13.8 Å². The van der Waals surface area contributed by atoms with E-state index in [1.165, 1.54) is 0 Å². The van der Waals surface area contributed by atoms with Crippen molar-refractivity contribution in [1.29, 1.82) is 0 Å². The third-order valence-electron chi connectivity index (χ3n) is 4.53. The lowest BCUT2D eigenvalue weighted by molar-refractivity contribution is -0.182. The summed E-state index contributed by atoms with van der Waals surface area (Å²) in [6, 6.07) is 5.74. The summed E-state index contributed by atoms with van der Waals surface area (Å²) in [5, 5.41) is 11.3. The van der Waals surface area contributed by atoms with Gasteiger partial charge in [-0.25, -0.2) is 4.79 Å². The summed E-state index contributed by atoms with van der Waals surface area (Å²) in [5.41, 5.74) is -0.781. The van der Waals surface area contributed by atoms with Gasteiger partial charge in [0.05, 0.1) is 6.61 Å². The van der Waals surface area contributed by atoms with Crippen molar-refractivity contribution in [3.63, 3.8) is 0 Å². The van der Waals surface area contributed by atoms with E-state index in [9.17, 15) is 9.90 Å². The molecule has 0 amide bonds. The van der Waals surface area contributed by atoms with Gasteiger partial charge in [-0.15, -0.1) is 0 Å². The first-order valence-corrected chi connectivity index (χ1v) is 7.24. The highest BCUT2D eigenvalue weighted by Crippen LogP contribution is 2.53. The molecular formula is C16H20O4. The van der Waals surface area contributed by atoms with Gasteiger partial charge in [0.25, 0.3) is 0 Å². The monoisotopic (exact) mass is 276 g/mol. The van der Waals surface area contributed by atoms with Gasteiger partial charge in [-0.1, -0.05) is 12.1 Å². The maximum Gasteiger partial charge on any atom is 0.353 e. The first-order valence-electron chi connectivity index (χ1n) is 7.24. The van der Waals surface area contributed by atoms with Crippen LogP contribution in [0.5, 0.6) is 5.75 Å². The van der Waals surface area contributed by atoms with E-state index in [0.29, 0.717) is 12.2 Å². The lowest BCUT2D eigenvalue weighted by atomic mass is 9.77. The van der Waals surface area contributed by atoms with Crippen LogP contribution in [0.4, 0.5) is 0 Å². The standard InChI is InChI=1S/C16H20O4/c1-3-19-14(17)15(2)16(18)10-5-4-7-11-8-6-9-12(20-15)13(11)16/h6,8-9,18H,3-5,7,10H2,1-2H3. The Morgan fingerprint density at radius 1 is 1.45 bits per heavy atom. The van der Waals surface area contributed by atoms with Crippen molar-refractivity contribution in [1.82, 2.24) is 0 Å². The molecule has 0 radical (unpaired) electrons. The second-order valence-electron chi connectivity index (χ2n) is 5.71. The van der Waals surface area contributed by atoms with E-state index in [0.717, 1.165) is 30.4 Å². The largest absolute Gasteiger partial charge is 0.472 e. The molecule has 0 bridgehead atoms. The second kappa shape index (κ2) is 4.48. The Labute approximate surface area is 118 Å². The minimum atomic E-state index is -1.36. The van der Waals surface area contributed by atoms with Gasteiger partial charge >= 0.3 is 5.97 Å². The normalized spacial score (nSPS) is 31.1. The van der Waals surface area contributed by atoms with Gasteiger partial charge < -0.3 is 14.6 Å². The summed E-state index contributed by atoms with van der Waals surface area (Å²) >= 11 is 0. The Bertz CT molecular complexity index is 553. The van der Waals surface area contributed by atoms with Crippen LogP contribution >= 0.6 is 0 Å². The zero-order chi connectivity index (χ0) is 14.4. The first-order chi connectivity index (χ1) is 9.53. The van der Waals surface area contributed by atoms with E-state index in [2.05, 4.69) is 0 Å². The summed E-state index contributed by atoms with van der Waals surface area (Å²) in [7, 11) is 0. The summed E-state index contributed by atoms with van der Waals surface area (Å²) in [5.74, 6) is 0.119. The summed E-state index contributed by atoms with van der Waals surface area (Å²) in [6.07, 6.45) is 3.31. The molecule has 2 atom stereocenters. The number of rotatable bonds is 2. The van der Waals surface area contributed by atoms with Gasteiger partial charge in [0.15, 0.2) is 0 Å². The molecule has 2 aliphatic rings. The predicted octanol–water partition coefficient (Wildman–Crippen LogP) is 2.31. The molecule has 0 saturated heterocycles. The van der Waals surface area contributed by atoms with Gasteiger partial charge in [-0.3, -0.25) is 0 Å². The van der Waals surface area contributed by atoms with Gasteiger partial charge in [0.2, 0.25) is 5.60 Å². The number of hydrogen-bond acceptors (Lipinski definition) is 4. The molecule has 1 N–H and O–H groups in total. The highest BCUT2D eigenvalue weighted by molar-refractivity contribution is 5.84. The van der Waals surface area contributed by atoms with E-state index < -0.39 is 17.2 Å². The smallest absolute Gasteiger partial charge is 0.353 e. The van der Waals surface area contributed by atoms with Crippen LogP contribution in [0.1, 0.15) is 44.2 Å². The molecule has 0 spiro atoms. The van der Waals surface area contributed by atoms with Crippen molar-refractivity contribution in [3.8, 4) is 5.75 Å². The molecule has 1 aliphatic heterocycles. The highest BCUT2D eigenvalue weighted by atomic mass is 16.6. The summed E-state index contributed by atoms with van der Waals surface area (Å²) in [6.45, 7) is 3.67. The Kier molecular flexibility index (Phi) is 3.01. The van der Waals surface area contributed by atoms with Crippen molar-refractivity contribution < 1.29 is 19.4 Å². The van der Waals surface area contributed by atoms with Crippen molar-refractivity contribution >= 4 is 5.97 Å². The number of carbonyl (C=O) groups is 1. The molecular weight excluding hydrogens is 256 g/mol. The van der Waals surface area contributed by atoms with Crippen LogP contribution in [-0.4, -0.2) is 23.3 Å². The van der Waals surface area contributed by atoms with Gasteiger partial charge in [0.1, 0.15) is 11.4 Å². The number of hydrogen-bond donors (Lipinski definition) is 1. The molecule has 108 valence electrons. The quantitative estimate of drug-likeness (QED) is 0.842. The first kappa shape index (κ1) is 13.4. The number of esters is 1. The molecule has 1 aromatic carbocycles. The number of aryl methyl sites for hydroxylation is 1. The third-order valence-corrected chi connectivity index (χ3v) is 4.53. The SMILES string of the molecule is CCOC(=O)C1(C)Oc2cccc3c2C1(O)CCCC3. The topological polar surface area (TPSA) is 55.8 Å². The van der Waals surface area contributed by atoms with Crippen molar-refractivity contribution in [2.75, 3.05) is 6.61 Å². The van der Waals surface area contributed by atoms with Gasteiger partial charge in [-0.2, -0.15) is 0 Å². The molecule has 1 aliphatic carbocycles. The summed E-state index contributed by atoms with van der Waals surface area (Å²) in [4.78, 5) is 12.4. The van der Waals surface area contributed by atoms with Crippen molar-refractivity contribution in [2.45, 2.75) is 50.7 Å². The predicted molar refractivity (Wildman–Crippen MR) is 73.6 cm³/mol. The van der Waals surface area contributed by atoms with E-state index in [4.69, 9.17) is 9.47 Å². The molecule has 1 heterocycles. The van der Waals surface area contributed by atoms with Crippen LogP contribution in [0.2, 0.25) is 0 Å². The molecule has 3 rings (SSSR count). The Morgan fingerprint density at radius 3 is 3.00 bits per heavy atom. The molecule has 20 heavy (non-hydrogen) atoms. The molecule has 2 unspecified atom stereocenters. The lowest BCUT2D eigenvalue weighted by Gasteiger charge is -2.35. The zero-order valence-electron chi connectivity index (χ0n) is 11.9. The average molecular weight is 276 g/mol. The van der Waals surface area contributed by atoms with E-state index in [1.807, 2.05) is 18.2 Å². The summed E-state index contributed by atoms with van der Waals surface area (Å²) < 4.78 is 11.0. The van der Waals surface area contributed by atoms with Crippen molar-refractivity contribution in [3.05, 3.63) is 29.3 Å². The highest BCUT2D eigenvalue weighted by Gasteiger charge is 2.63. The number of carbonyl (C=O) groups excluding carboxylic acids is 1. The zero-order valence-corrected chi connectivity index (χ0v) is 11.9. The van der Waals surface area contributed by atoms with Crippen LogP contribution in [0, 0.1) is 0 Å². The van der Waals surface area contributed by atoms with Crippen LogP contribution in [0.15, 0.2) is 18.2 Å². The van der Waals surface area contributed by atoms with Gasteiger partial charge in [-0.05, 0) is 51.2 Å². The fourth-order valence-electron chi connectivity index (χ4n) is 3.42. The fraction of sp³-hybridized carbons (Fsp3) is 0.562. The maximum absolute atomic E-state index is 12.4. The van der Waals surface area contributed by atoms with Crippen LogP contribution in [0.25, 0.3) is 0 Å². The number of benzene rings is 1. The van der Waals surface area contributed by atoms with E-state index in [-0.39, 0.29) is 6.61 Å². The Morgan fingerprint density at radius 2 is 2.25 bits per heavy atom. The molecule has 0 saturated carbocycles. The Balaban J connectivity index is 2.15. The molecule has 0 aromatic heterocycles. The second-order valence-corrected chi connectivity index (χ2v) is 5.71. The fourth-order valence-corrected chi connectivity index (χ4v) is 3.42. The van der Waals surface area contributed by atoms with E-state index >= 15 is 0 Å². The molecule has 1 aromatic rings. The maximum atomic E-state index is 12.4. The third kappa shape index (κ3) is 1.61. The van der Waals surface area contributed by atoms with Gasteiger partial charge in [0, 0.05) is 5.56 Å².